The third-order valence-corrected chi connectivity index (χ3v) is 16.8. The van der Waals surface area contributed by atoms with Gasteiger partial charge in [0.05, 0.1) is 36.6 Å². The minimum atomic E-state index is -4.96. The molecule has 1 aliphatic heterocycles. The number of likely N-dealkylation sites (N-methyl/N-ethyl adjacent to an activating group) is 1. The number of rotatable bonds is 59. The summed E-state index contributed by atoms with van der Waals surface area (Å²) < 4.78 is 43.1. The van der Waals surface area contributed by atoms with Gasteiger partial charge in [0.25, 0.3) is 7.82 Å². The number of thioether (sulfide) groups is 1. The van der Waals surface area contributed by atoms with E-state index in [9.17, 15) is 47.8 Å². The summed E-state index contributed by atoms with van der Waals surface area (Å²) >= 11 is 1.47. The average molecular weight is 1280 g/mol. The van der Waals surface area contributed by atoms with Crippen LogP contribution in [-0.4, -0.2) is 146 Å². The van der Waals surface area contributed by atoms with Gasteiger partial charge in [-0.1, -0.05) is 199 Å². The van der Waals surface area contributed by atoms with Gasteiger partial charge in [-0.05, 0) is 12.8 Å². The summed E-state index contributed by atoms with van der Waals surface area (Å²) in [6, 6.07) is -1.04. The molecular formula is C58H105N5NaO18PS2. The third kappa shape index (κ3) is 48.2. The van der Waals surface area contributed by atoms with Crippen LogP contribution in [-0.2, 0) is 75.6 Å². The number of carbonyl (C=O) groups excluding carboxylic acids is 8. The molecule has 0 spiro atoms. The van der Waals surface area contributed by atoms with Gasteiger partial charge in [0, 0.05) is 64.4 Å². The summed E-state index contributed by atoms with van der Waals surface area (Å²) in [5.74, 6) is -4.71. The molecule has 0 aromatic heterocycles. The molecule has 1 aliphatic rings. The van der Waals surface area contributed by atoms with Gasteiger partial charge < -0.3 is 49.4 Å². The monoisotopic (exact) mass is 1280 g/mol. The average Bonchev–Trinajstić information content (AvgIpc) is 3.45. The number of hydrogen-bond donors (Lipinski definition) is 5. The summed E-state index contributed by atoms with van der Waals surface area (Å²) in [7, 11) is -3.60. The molecule has 0 aromatic rings. The van der Waals surface area contributed by atoms with Crippen LogP contribution in [0.4, 0.5) is 0 Å². The van der Waals surface area contributed by atoms with Crippen LogP contribution in [0, 0.1) is 0 Å². The van der Waals surface area contributed by atoms with Crippen molar-refractivity contribution in [1.29, 1.82) is 0 Å². The molecule has 488 valence electrons. The largest absolute Gasteiger partial charge is 1.00 e. The summed E-state index contributed by atoms with van der Waals surface area (Å²) in [5, 5.41) is 20.7. The first kappa shape index (κ1) is 82.6. The number of phosphoric ester groups is 1. The quantitative estimate of drug-likeness (QED) is 0.00655. The molecule has 23 nitrogen and oxygen atoms in total. The number of phosphoric acid groups is 1. The first-order valence-corrected chi connectivity index (χ1v) is 34.7. The number of ether oxygens (including phenoxy) is 3. The van der Waals surface area contributed by atoms with Crippen molar-refractivity contribution < 1.29 is 115 Å². The van der Waals surface area contributed by atoms with Crippen molar-refractivity contribution in [3.63, 3.8) is 0 Å². The van der Waals surface area contributed by atoms with Crippen LogP contribution >= 0.6 is 31.6 Å². The smallest absolute Gasteiger partial charge is 0.756 e. The predicted molar refractivity (Wildman–Crippen MR) is 322 cm³/mol. The number of nitrogens with one attached hydrogen (secondary N) is 4. The Labute approximate surface area is 537 Å². The molecular weight excluding hydrogens is 1170 g/mol. The second kappa shape index (κ2) is 56.8. The Bertz CT molecular complexity index is 1850. The van der Waals surface area contributed by atoms with Crippen LogP contribution in [0.15, 0.2) is 0 Å². The zero-order chi connectivity index (χ0) is 61.7. The zero-order valence-electron chi connectivity index (χ0n) is 51.9. The molecule has 0 aromatic carbocycles. The van der Waals surface area contributed by atoms with Gasteiger partial charge in [-0.2, -0.15) is 0 Å². The fourth-order valence-corrected chi connectivity index (χ4v) is 11.3. The summed E-state index contributed by atoms with van der Waals surface area (Å²) in [4.78, 5) is 114. The third-order valence-electron chi connectivity index (χ3n) is 14.0. The van der Waals surface area contributed by atoms with Crippen LogP contribution in [0.5, 0.6) is 0 Å². The van der Waals surface area contributed by atoms with Gasteiger partial charge in [0.2, 0.25) is 35.4 Å². The molecule has 1 saturated heterocycles. The Morgan fingerprint density at radius 1 is 0.647 bits per heavy atom. The van der Waals surface area contributed by atoms with Crippen molar-refractivity contribution in [3.8, 4) is 0 Å². The maximum atomic E-state index is 12.9. The van der Waals surface area contributed by atoms with Crippen LogP contribution in [0.1, 0.15) is 232 Å². The van der Waals surface area contributed by atoms with Crippen LogP contribution < -0.4 is 55.7 Å². The maximum Gasteiger partial charge on any atom is 1.00 e. The van der Waals surface area contributed by atoms with Crippen molar-refractivity contribution in [2.45, 2.75) is 250 Å². The number of hydrogen-bond acceptors (Lipinski definition) is 20. The van der Waals surface area contributed by atoms with Crippen molar-refractivity contribution in [3.05, 3.63) is 0 Å². The molecule has 4 atom stereocenters. The van der Waals surface area contributed by atoms with Crippen LogP contribution in [0.25, 0.3) is 0 Å². The summed E-state index contributed by atoms with van der Waals surface area (Å²) in [5.41, 5.74) is 0. The molecule has 0 bridgehead atoms. The zero-order valence-corrected chi connectivity index (χ0v) is 56.5. The maximum absolute atomic E-state index is 12.9. The van der Waals surface area contributed by atoms with Crippen LogP contribution in [0.2, 0.25) is 0 Å². The number of likely N-dealkylation sites (tertiary alicyclic amines) is 1. The Hall–Kier alpha value is -2.39. The SMILES string of the molecule is CCCCCCCCCCCCCCCCCC(=O)OC[C@H](COP(=O)([O-])OCCNC(=O)COCCNC(=O)CCN1C(=O)CC(SCC(=O)N[C@@H](CSOOO)C(=O)NC)C1=O)OC(=O)CCCCCCCCCCCCCCCCC.[Na+]. The summed E-state index contributed by atoms with van der Waals surface area (Å²) in [6.45, 7) is 1.99. The second-order valence-corrected chi connectivity index (χ2v) is 24.6. The number of unbranched alkanes of at least 4 members (excludes halogenated alkanes) is 28. The van der Waals surface area contributed by atoms with Gasteiger partial charge in [-0.3, -0.25) is 47.8 Å². The molecule has 27 heteroatoms. The van der Waals surface area contributed by atoms with Gasteiger partial charge in [0.15, 0.2) is 6.10 Å². The topological polar surface area (TPSA) is 313 Å². The van der Waals surface area contributed by atoms with Gasteiger partial charge in [-0.25, -0.2) is 5.26 Å². The molecule has 0 radical (unpaired) electrons. The fourth-order valence-electron chi connectivity index (χ4n) is 9.14. The Balaban J connectivity index is 0.0000706. The van der Waals surface area contributed by atoms with Crippen molar-refractivity contribution in [2.75, 3.05) is 71.2 Å². The Kier molecular flexibility index (Phi) is 55.2. The summed E-state index contributed by atoms with van der Waals surface area (Å²) in [6.07, 6.45) is 34.4. The molecule has 0 aliphatic carbocycles. The second-order valence-electron chi connectivity index (χ2n) is 21.3. The van der Waals surface area contributed by atoms with Crippen LogP contribution in [0.3, 0.4) is 0 Å². The Morgan fingerprint density at radius 3 is 1.64 bits per heavy atom. The van der Waals surface area contributed by atoms with E-state index in [1.807, 2.05) is 0 Å². The molecule has 6 amide bonds. The number of amides is 6. The molecule has 85 heavy (non-hydrogen) atoms. The molecule has 0 saturated carbocycles. The van der Waals surface area contributed by atoms with E-state index in [-0.39, 0.29) is 99.6 Å². The fraction of sp³-hybridized carbons (Fsp3) is 0.862. The van der Waals surface area contributed by atoms with Gasteiger partial charge >= 0.3 is 41.5 Å². The number of esters is 2. The van der Waals surface area contributed by atoms with Crippen molar-refractivity contribution in [2.24, 2.45) is 0 Å². The standard InChI is InChI=1S/C58H106N5O18PS2.Na/c1-4-6-8-10-12-14-16-18-20-22-24-26-28-30-32-34-55(68)76-43-48(79-56(69)35-33-31-29-27-25-23-21-19-17-15-13-11-9-7-5-2)44-78-82(73,74)77-41-38-61-52(65)45-75-40-37-60-51(64)36-39-63-54(67)42-50(58(63)71)83-47-53(66)62-49(57(70)59-3)46-84-81-80-72;/h48-50,72H,4-47H2,1-3H3,(H,59,70)(H,60,64)(H,61,65)(H,62,66)(H,73,74);/q;+1/p-1/t48-,49+,50?;/m1./s1. The molecule has 5 N–H and O–H groups in total. The normalized spacial score (nSPS) is 14.5. The van der Waals surface area contributed by atoms with E-state index < -0.39 is 92.4 Å². The predicted octanol–water partition coefficient (Wildman–Crippen LogP) is 6.27. The van der Waals surface area contributed by atoms with Gasteiger partial charge in [0.1, 0.15) is 19.3 Å². The first-order valence-electron chi connectivity index (χ1n) is 31.3. The number of carbonyl (C=O) groups is 8. The van der Waals surface area contributed by atoms with E-state index in [2.05, 4.69) is 44.5 Å². The molecule has 1 fully saturated rings. The van der Waals surface area contributed by atoms with E-state index in [0.29, 0.717) is 24.9 Å². The van der Waals surface area contributed by atoms with Crippen molar-refractivity contribution in [1.82, 2.24) is 26.2 Å². The van der Waals surface area contributed by atoms with Gasteiger partial charge in [-0.15, -0.1) is 16.1 Å². The van der Waals surface area contributed by atoms with E-state index in [1.54, 1.807) is 0 Å². The van der Waals surface area contributed by atoms with E-state index >= 15 is 0 Å². The molecule has 1 rings (SSSR count). The first-order chi connectivity index (χ1) is 40.7. The van der Waals surface area contributed by atoms with E-state index in [1.165, 1.54) is 148 Å². The molecule has 2 unspecified atom stereocenters. The molecule has 1 heterocycles. The van der Waals surface area contributed by atoms with E-state index in [4.69, 9.17) is 28.5 Å². The Morgan fingerprint density at radius 2 is 1.13 bits per heavy atom. The minimum Gasteiger partial charge on any atom is -0.756 e. The van der Waals surface area contributed by atoms with Crippen molar-refractivity contribution >= 4 is 79.0 Å². The minimum absolute atomic E-state index is 0. The number of imide groups is 1. The van der Waals surface area contributed by atoms with E-state index in [0.717, 1.165) is 55.2 Å². The number of nitrogens with zero attached hydrogens (tertiary/aromatic N) is 1.